The molecule has 0 aliphatic heterocycles. The van der Waals surface area contributed by atoms with Crippen molar-refractivity contribution in [3.63, 3.8) is 0 Å². The highest BCUT2D eigenvalue weighted by molar-refractivity contribution is 5.85. The number of para-hydroxylation sites is 1. The van der Waals surface area contributed by atoms with Gasteiger partial charge in [0.15, 0.2) is 0 Å². The molecule has 0 saturated carbocycles. The molecule has 4 N–H and O–H groups in total. The quantitative estimate of drug-likeness (QED) is 0.595. The number of fused-ring (bicyclic) bond motifs is 1. The van der Waals surface area contributed by atoms with Crippen molar-refractivity contribution in [2.75, 3.05) is 0 Å². The van der Waals surface area contributed by atoms with Crippen LogP contribution in [-0.2, 0) is 6.54 Å². The van der Waals surface area contributed by atoms with Gasteiger partial charge >= 0.3 is 5.69 Å². The number of nitrogens with one attached hydrogen (secondary N) is 1. The summed E-state index contributed by atoms with van der Waals surface area (Å²) in [6, 6.07) is 4.91. The SMILES string of the molecule is NCc1[nH]c(=O)nc2c(O)cccc12. The Hall–Kier alpha value is -1.88. The minimum Gasteiger partial charge on any atom is -0.506 e. The van der Waals surface area contributed by atoms with Crippen LogP contribution in [0.1, 0.15) is 5.69 Å². The average Bonchev–Trinajstić information content (AvgIpc) is 2.18. The van der Waals surface area contributed by atoms with Gasteiger partial charge in [-0.25, -0.2) is 4.79 Å². The lowest BCUT2D eigenvalue weighted by Crippen LogP contribution is -2.15. The fourth-order valence-corrected chi connectivity index (χ4v) is 1.38. The molecular formula is C9H9N3O2. The second kappa shape index (κ2) is 3.12. The van der Waals surface area contributed by atoms with Crippen molar-refractivity contribution in [2.45, 2.75) is 6.54 Å². The lowest BCUT2D eigenvalue weighted by Gasteiger charge is -2.03. The standard InChI is InChI=1S/C9H9N3O2/c10-4-6-5-2-1-3-7(13)8(5)12-9(14)11-6/h1-3,13H,4,10H2,(H,11,12,14). The molecule has 5 heteroatoms. The molecule has 0 saturated heterocycles. The number of aromatic nitrogens is 2. The second-order valence-electron chi connectivity index (χ2n) is 2.90. The summed E-state index contributed by atoms with van der Waals surface area (Å²) in [5.74, 6) is -0.0108. The number of nitrogens with zero attached hydrogens (tertiary/aromatic N) is 1. The maximum Gasteiger partial charge on any atom is 0.345 e. The Morgan fingerprint density at radius 2 is 2.29 bits per heavy atom. The van der Waals surface area contributed by atoms with E-state index in [9.17, 15) is 9.90 Å². The summed E-state index contributed by atoms with van der Waals surface area (Å²) in [6.45, 7) is 0.206. The molecule has 0 amide bonds. The first-order valence-corrected chi connectivity index (χ1v) is 4.13. The molecule has 5 nitrogen and oxygen atoms in total. The van der Waals surface area contributed by atoms with E-state index in [4.69, 9.17) is 5.73 Å². The van der Waals surface area contributed by atoms with Gasteiger partial charge < -0.3 is 15.8 Å². The third-order valence-corrected chi connectivity index (χ3v) is 2.02. The Kier molecular flexibility index (Phi) is 1.94. The summed E-state index contributed by atoms with van der Waals surface area (Å²) in [7, 11) is 0. The van der Waals surface area contributed by atoms with Crippen molar-refractivity contribution in [1.29, 1.82) is 0 Å². The number of nitrogens with two attached hydrogens (primary N) is 1. The van der Waals surface area contributed by atoms with Crippen molar-refractivity contribution in [1.82, 2.24) is 9.97 Å². The van der Waals surface area contributed by atoms with Crippen LogP contribution in [-0.4, -0.2) is 15.1 Å². The number of benzene rings is 1. The van der Waals surface area contributed by atoms with Crippen molar-refractivity contribution in [3.8, 4) is 5.75 Å². The zero-order chi connectivity index (χ0) is 10.1. The Bertz CT molecular complexity index is 533. The second-order valence-corrected chi connectivity index (χ2v) is 2.90. The largest absolute Gasteiger partial charge is 0.506 e. The summed E-state index contributed by atoms with van der Waals surface area (Å²) in [5, 5.41) is 10.1. The van der Waals surface area contributed by atoms with Gasteiger partial charge in [-0.15, -0.1) is 0 Å². The fourth-order valence-electron chi connectivity index (χ4n) is 1.38. The third-order valence-electron chi connectivity index (χ3n) is 2.02. The van der Waals surface area contributed by atoms with Crippen LogP contribution >= 0.6 is 0 Å². The highest BCUT2D eigenvalue weighted by atomic mass is 16.3. The fraction of sp³-hybridized carbons (Fsp3) is 0.111. The van der Waals surface area contributed by atoms with Crippen LogP contribution in [0.15, 0.2) is 23.0 Å². The van der Waals surface area contributed by atoms with Gasteiger partial charge in [-0.3, -0.25) is 0 Å². The molecule has 0 bridgehead atoms. The van der Waals surface area contributed by atoms with E-state index in [2.05, 4.69) is 9.97 Å². The molecule has 0 aliphatic carbocycles. The van der Waals surface area contributed by atoms with E-state index < -0.39 is 5.69 Å². The highest BCUT2D eigenvalue weighted by Crippen LogP contribution is 2.21. The molecule has 1 aromatic heterocycles. The van der Waals surface area contributed by atoms with E-state index in [1.54, 1.807) is 12.1 Å². The summed E-state index contributed by atoms with van der Waals surface area (Å²) in [4.78, 5) is 17.3. The van der Waals surface area contributed by atoms with Gasteiger partial charge in [0.05, 0.1) is 0 Å². The van der Waals surface area contributed by atoms with Crippen molar-refractivity contribution in [2.24, 2.45) is 5.73 Å². The van der Waals surface area contributed by atoms with Gasteiger partial charge in [-0.2, -0.15) is 4.98 Å². The number of aromatic amines is 1. The molecule has 0 radical (unpaired) electrons. The minimum atomic E-state index is -0.501. The van der Waals surface area contributed by atoms with E-state index in [-0.39, 0.29) is 17.8 Å². The van der Waals surface area contributed by atoms with E-state index in [1.807, 2.05) is 0 Å². The first-order valence-electron chi connectivity index (χ1n) is 4.13. The number of phenolic OH excluding ortho intramolecular Hbond substituents is 1. The molecule has 1 heterocycles. The molecule has 0 aliphatic rings. The molecule has 0 spiro atoms. The van der Waals surface area contributed by atoms with Crippen LogP contribution in [0.4, 0.5) is 0 Å². The molecule has 0 unspecified atom stereocenters. The minimum absolute atomic E-state index is 0.0108. The maximum atomic E-state index is 11.1. The molecule has 2 rings (SSSR count). The van der Waals surface area contributed by atoms with Gasteiger partial charge in [0.25, 0.3) is 0 Å². The van der Waals surface area contributed by atoms with Crippen LogP contribution in [0.25, 0.3) is 10.9 Å². The number of aromatic hydroxyl groups is 1. The summed E-state index contributed by atoms with van der Waals surface area (Å²) < 4.78 is 0. The first kappa shape index (κ1) is 8.71. The summed E-state index contributed by atoms with van der Waals surface area (Å²) in [5.41, 5.74) is 5.82. The van der Waals surface area contributed by atoms with Gasteiger partial charge in [-0.1, -0.05) is 12.1 Å². The number of H-pyrrole nitrogens is 1. The molecule has 1 aromatic carbocycles. The van der Waals surface area contributed by atoms with Gasteiger partial charge in [0, 0.05) is 17.6 Å². The zero-order valence-electron chi connectivity index (χ0n) is 7.32. The molecule has 14 heavy (non-hydrogen) atoms. The van der Waals surface area contributed by atoms with Gasteiger partial charge in [0.2, 0.25) is 0 Å². The van der Waals surface area contributed by atoms with Crippen LogP contribution in [0.5, 0.6) is 5.75 Å². The topological polar surface area (TPSA) is 92.0 Å². The Morgan fingerprint density at radius 1 is 1.50 bits per heavy atom. The summed E-state index contributed by atoms with van der Waals surface area (Å²) >= 11 is 0. The van der Waals surface area contributed by atoms with Crippen LogP contribution in [0, 0.1) is 0 Å². The molecule has 72 valence electrons. The number of phenols is 1. The normalized spacial score (nSPS) is 10.6. The summed E-state index contributed by atoms with van der Waals surface area (Å²) in [6.07, 6.45) is 0. The zero-order valence-corrected chi connectivity index (χ0v) is 7.32. The van der Waals surface area contributed by atoms with Crippen molar-refractivity contribution < 1.29 is 5.11 Å². The molecule has 0 fully saturated rings. The first-order chi connectivity index (χ1) is 6.72. The van der Waals surface area contributed by atoms with Crippen molar-refractivity contribution >= 4 is 10.9 Å². The maximum absolute atomic E-state index is 11.1. The highest BCUT2D eigenvalue weighted by Gasteiger charge is 2.05. The third kappa shape index (κ3) is 1.23. The lowest BCUT2D eigenvalue weighted by molar-refractivity contribution is 0.480. The van der Waals surface area contributed by atoms with Crippen LogP contribution in [0.2, 0.25) is 0 Å². The van der Waals surface area contributed by atoms with Crippen molar-refractivity contribution in [3.05, 3.63) is 34.4 Å². The van der Waals surface area contributed by atoms with E-state index in [0.717, 1.165) is 0 Å². The van der Waals surface area contributed by atoms with E-state index >= 15 is 0 Å². The number of hydrogen-bond donors (Lipinski definition) is 3. The Morgan fingerprint density at radius 3 is 3.00 bits per heavy atom. The van der Waals surface area contributed by atoms with Gasteiger partial charge in [-0.05, 0) is 6.07 Å². The lowest BCUT2D eigenvalue weighted by atomic mass is 10.2. The monoisotopic (exact) mass is 191 g/mol. The average molecular weight is 191 g/mol. The van der Waals surface area contributed by atoms with E-state index in [1.165, 1.54) is 6.07 Å². The van der Waals surface area contributed by atoms with Crippen LogP contribution < -0.4 is 11.4 Å². The molecular weight excluding hydrogens is 182 g/mol. The predicted octanol–water partition coefficient (Wildman–Crippen LogP) is 0.0874. The predicted molar refractivity (Wildman–Crippen MR) is 51.9 cm³/mol. The molecule has 2 aromatic rings. The van der Waals surface area contributed by atoms with E-state index in [0.29, 0.717) is 11.1 Å². The van der Waals surface area contributed by atoms with Gasteiger partial charge in [0.1, 0.15) is 11.3 Å². The molecule has 0 atom stereocenters. The smallest absolute Gasteiger partial charge is 0.345 e. The Balaban J connectivity index is 2.94. The number of hydrogen-bond acceptors (Lipinski definition) is 4. The Labute approximate surface area is 79.2 Å². The number of rotatable bonds is 1. The van der Waals surface area contributed by atoms with Crippen LogP contribution in [0.3, 0.4) is 0 Å².